The Morgan fingerprint density at radius 3 is 2.59 bits per heavy atom. The van der Waals surface area contributed by atoms with Crippen molar-refractivity contribution in [2.24, 2.45) is 5.73 Å². The van der Waals surface area contributed by atoms with E-state index < -0.39 is 10.0 Å². The smallest absolute Gasteiger partial charge is 0.302 e. The van der Waals surface area contributed by atoms with E-state index in [4.69, 9.17) is 22.1 Å². The number of nitrogens with two attached hydrogens (primary N) is 1. The summed E-state index contributed by atoms with van der Waals surface area (Å²) in [5, 5.41) is 2.94. The summed E-state index contributed by atoms with van der Waals surface area (Å²) in [6.07, 6.45) is 0. The molecule has 2 aromatic rings. The number of amidine groups is 1. The maximum atomic E-state index is 12.0. The summed E-state index contributed by atoms with van der Waals surface area (Å²) in [7, 11) is -3.68. The zero-order valence-electron chi connectivity index (χ0n) is 11.5. The second kappa shape index (κ2) is 7.15. The minimum atomic E-state index is -3.68. The van der Waals surface area contributed by atoms with E-state index >= 15 is 0 Å². The maximum absolute atomic E-state index is 12.0. The van der Waals surface area contributed by atoms with Crippen LogP contribution in [0, 0.1) is 0 Å². The zero-order valence-corrected chi connectivity index (χ0v) is 13.1. The molecule has 6 nitrogen and oxygen atoms in total. The van der Waals surface area contributed by atoms with Crippen LogP contribution in [0.4, 0.5) is 0 Å². The van der Waals surface area contributed by atoms with Crippen molar-refractivity contribution in [3.05, 3.63) is 59.6 Å². The number of ether oxygens (including phenoxy) is 1. The van der Waals surface area contributed by atoms with E-state index in [2.05, 4.69) is 9.93 Å². The molecule has 0 saturated heterocycles. The summed E-state index contributed by atoms with van der Waals surface area (Å²) in [5.41, 5.74) is 5.67. The first kappa shape index (κ1) is 16.1. The summed E-state index contributed by atoms with van der Waals surface area (Å²) in [6, 6.07) is 14.7. The first-order chi connectivity index (χ1) is 10.5. The van der Waals surface area contributed by atoms with Gasteiger partial charge in [-0.25, -0.2) is 0 Å². The number of nitrogens with one attached hydrogen (secondary N) is 2. The molecule has 0 radical (unpaired) electrons. The largest absolute Gasteiger partial charge is 0.481 e. The van der Waals surface area contributed by atoms with Crippen LogP contribution < -0.4 is 20.4 Å². The third kappa shape index (κ3) is 4.64. The molecule has 0 unspecified atom stereocenters. The predicted molar refractivity (Wildman–Crippen MR) is 83.9 cm³/mol. The predicted octanol–water partition coefficient (Wildman–Crippen LogP) is 0.0501. The summed E-state index contributed by atoms with van der Waals surface area (Å²) in [6.45, 7) is -0.0162. The average Bonchev–Trinajstić information content (AvgIpc) is 2.52. The lowest BCUT2D eigenvalue weighted by molar-refractivity contribution is -0.501. The number of hydrazone groups is 1. The highest BCUT2D eigenvalue weighted by Crippen LogP contribution is 2.16. The van der Waals surface area contributed by atoms with Crippen LogP contribution in [0.1, 0.15) is 0 Å². The molecule has 2 aromatic carbocycles. The van der Waals surface area contributed by atoms with Crippen LogP contribution in [-0.4, -0.2) is 20.9 Å². The molecule has 0 atom stereocenters. The van der Waals surface area contributed by atoms with Crippen molar-refractivity contribution in [1.82, 2.24) is 4.83 Å². The fourth-order valence-electron chi connectivity index (χ4n) is 1.55. The standard InChI is InChI=1S/C14H14ClN3O3S/c15-11-5-4-6-12(9-11)21-10-14(16)17-18-22(19,20)13-7-2-1-3-8-13/h1-9,18H,10H2,(H2,16,17)/p+1. The molecule has 8 heteroatoms. The molecule has 0 aliphatic heterocycles. The highest BCUT2D eigenvalue weighted by molar-refractivity contribution is 7.89. The lowest BCUT2D eigenvalue weighted by Crippen LogP contribution is -2.86. The van der Waals surface area contributed by atoms with Crippen molar-refractivity contribution >= 4 is 27.5 Å². The number of benzene rings is 2. The summed E-state index contributed by atoms with van der Waals surface area (Å²) in [4.78, 5) is 2.31. The van der Waals surface area contributed by atoms with Gasteiger partial charge in [0.2, 0.25) is 0 Å². The van der Waals surface area contributed by atoms with Crippen molar-refractivity contribution < 1.29 is 18.3 Å². The average molecular weight is 341 g/mol. The highest BCUT2D eigenvalue weighted by Gasteiger charge is 2.13. The van der Waals surface area contributed by atoms with Gasteiger partial charge >= 0.3 is 5.84 Å². The number of hydrogen-bond acceptors (Lipinski definition) is 3. The number of hydrazine groups is 1. The Morgan fingerprint density at radius 2 is 1.91 bits per heavy atom. The molecule has 116 valence electrons. The Kier molecular flexibility index (Phi) is 5.24. The van der Waals surface area contributed by atoms with Crippen molar-refractivity contribution in [3.63, 3.8) is 0 Å². The van der Waals surface area contributed by atoms with Gasteiger partial charge < -0.3 is 4.74 Å². The van der Waals surface area contributed by atoms with Crippen LogP contribution in [0.3, 0.4) is 0 Å². The SMILES string of the molecule is NC(COc1cccc(Cl)c1)=[NH+]NS(=O)(=O)c1ccccc1. The van der Waals surface area contributed by atoms with E-state index in [9.17, 15) is 8.42 Å². The van der Waals surface area contributed by atoms with Gasteiger partial charge in [0.1, 0.15) is 5.75 Å². The Bertz CT molecular complexity index is 764. The van der Waals surface area contributed by atoms with Gasteiger partial charge in [0.25, 0.3) is 10.0 Å². The van der Waals surface area contributed by atoms with Gasteiger partial charge in [-0.1, -0.05) is 35.9 Å². The van der Waals surface area contributed by atoms with E-state index in [1.54, 1.807) is 42.5 Å². The van der Waals surface area contributed by atoms with E-state index in [1.165, 1.54) is 12.1 Å². The Labute approximate surface area is 133 Å². The van der Waals surface area contributed by atoms with Crippen molar-refractivity contribution in [1.29, 1.82) is 0 Å². The number of hydrogen-bond donors (Lipinski definition) is 3. The molecule has 0 aliphatic carbocycles. The first-order valence-corrected chi connectivity index (χ1v) is 8.16. The Morgan fingerprint density at radius 1 is 1.18 bits per heavy atom. The van der Waals surface area contributed by atoms with Gasteiger partial charge in [-0.05, 0) is 30.3 Å². The van der Waals surface area contributed by atoms with Crippen LogP contribution in [0.15, 0.2) is 59.5 Å². The lowest BCUT2D eigenvalue weighted by atomic mass is 10.3. The number of rotatable bonds is 6. The topological polar surface area (TPSA) is 95.4 Å². The minimum absolute atomic E-state index is 0.0162. The zero-order chi connectivity index (χ0) is 16.0. The van der Waals surface area contributed by atoms with Crippen LogP contribution in [0.25, 0.3) is 0 Å². The number of halogens is 1. The third-order valence-corrected chi connectivity index (χ3v) is 4.09. The highest BCUT2D eigenvalue weighted by atomic mass is 35.5. The molecule has 0 saturated carbocycles. The lowest BCUT2D eigenvalue weighted by Gasteiger charge is -2.04. The second-order valence-electron chi connectivity index (χ2n) is 4.31. The molecule has 0 aromatic heterocycles. The maximum Gasteiger partial charge on any atom is 0.302 e. The van der Waals surface area contributed by atoms with Gasteiger partial charge in [-0.15, -0.1) is 0 Å². The van der Waals surface area contributed by atoms with Crippen LogP contribution in [0.2, 0.25) is 5.02 Å². The molecule has 0 bridgehead atoms. The van der Waals surface area contributed by atoms with Crippen molar-refractivity contribution in [2.45, 2.75) is 4.90 Å². The minimum Gasteiger partial charge on any atom is -0.481 e. The quantitative estimate of drug-likeness (QED) is 0.393. The molecule has 4 N–H and O–H groups in total. The van der Waals surface area contributed by atoms with Crippen LogP contribution >= 0.6 is 11.6 Å². The van der Waals surface area contributed by atoms with Gasteiger partial charge in [-0.3, -0.25) is 5.73 Å². The molecule has 0 heterocycles. The molecular weight excluding hydrogens is 326 g/mol. The van der Waals surface area contributed by atoms with Gasteiger partial charge in [0.15, 0.2) is 6.61 Å². The van der Waals surface area contributed by atoms with Crippen LogP contribution in [-0.2, 0) is 10.0 Å². The fourth-order valence-corrected chi connectivity index (χ4v) is 2.62. The van der Waals surface area contributed by atoms with E-state index in [1.807, 2.05) is 0 Å². The fraction of sp³-hybridized carbons (Fsp3) is 0.0714. The first-order valence-electron chi connectivity index (χ1n) is 6.30. The summed E-state index contributed by atoms with van der Waals surface area (Å²) in [5.74, 6) is 0.641. The molecule has 2 rings (SSSR count). The molecular formula is C14H15ClN3O3S+. The second-order valence-corrected chi connectivity index (χ2v) is 6.43. The van der Waals surface area contributed by atoms with Crippen molar-refractivity contribution in [3.8, 4) is 5.75 Å². The van der Waals surface area contributed by atoms with Crippen molar-refractivity contribution in [2.75, 3.05) is 6.61 Å². The van der Waals surface area contributed by atoms with E-state index in [0.717, 1.165) is 0 Å². The monoisotopic (exact) mass is 340 g/mol. The van der Waals surface area contributed by atoms with Gasteiger partial charge in [0.05, 0.1) is 4.90 Å². The third-order valence-electron chi connectivity index (χ3n) is 2.59. The molecule has 0 fully saturated rings. The number of sulfonamides is 1. The molecule has 0 aliphatic rings. The van der Waals surface area contributed by atoms with E-state index in [-0.39, 0.29) is 17.3 Å². The summed E-state index contributed by atoms with van der Waals surface area (Å²) < 4.78 is 29.3. The molecule has 0 spiro atoms. The van der Waals surface area contributed by atoms with Crippen LogP contribution in [0.5, 0.6) is 5.75 Å². The molecule has 22 heavy (non-hydrogen) atoms. The van der Waals surface area contributed by atoms with E-state index in [0.29, 0.717) is 10.8 Å². The summed E-state index contributed by atoms with van der Waals surface area (Å²) >= 11 is 5.82. The van der Waals surface area contributed by atoms with Gasteiger partial charge in [-0.2, -0.15) is 18.4 Å². The molecule has 0 amide bonds. The Balaban J connectivity index is 1.95. The normalized spacial score (nSPS) is 12.0. The van der Waals surface area contributed by atoms with Gasteiger partial charge in [0, 0.05) is 5.02 Å². The Hall–Kier alpha value is -2.25.